The Balaban J connectivity index is 3.25. The number of aromatic nitrogens is 1. The van der Waals surface area contributed by atoms with Gasteiger partial charge in [0, 0.05) is 0 Å². The molecule has 0 radical (unpaired) electrons. The molecule has 1 rings (SSSR count). The van der Waals surface area contributed by atoms with E-state index in [1.165, 1.54) is 22.6 Å². The molecule has 0 saturated carbocycles. The number of carbonyl (C=O) groups is 1. The molecule has 0 amide bonds. The van der Waals surface area contributed by atoms with Crippen LogP contribution in [0.2, 0.25) is 0 Å². The lowest BCUT2D eigenvalue weighted by molar-refractivity contribution is -0.275. The second kappa shape index (κ2) is 5.25. The van der Waals surface area contributed by atoms with Gasteiger partial charge in [-0.15, -0.1) is 24.8 Å². The fraction of sp³-hybridized carbons (Fsp3) is 0.250. The molecule has 0 aliphatic carbocycles. The van der Waals surface area contributed by atoms with Crippen LogP contribution in [0.15, 0.2) is 6.07 Å². The van der Waals surface area contributed by atoms with Gasteiger partial charge in [-0.2, -0.15) is 0 Å². The Morgan fingerprint density at radius 3 is 2.59 bits per heavy atom. The van der Waals surface area contributed by atoms with Crippen molar-refractivity contribution in [2.75, 3.05) is 0 Å². The van der Waals surface area contributed by atoms with E-state index in [4.69, 9.17) is 16.7 Å². The van der Waals surface area contributed by atoms with Crippen LogP contribution in [-0.4, -0.2) is 22.4 Å². The summed E-state index contributed by atoms with van der Waals surface area (Å²) in [5.74, 6) is -2.30. The first-order valence-electron chi connectivity index (χ1n) is 3.99. The highest BCUT2D eigenvalue weighted by atomic mass is 127. The molecule has 0 atom stereocenters. The maximum absolute atomic E-state index is 12.0. The topological polar surface area (TPSA) is 59.4 Å². The zero-order valence-electron chi connectivity index (χ0n) is 7.89. The number of hydrogen-bond donors (Lipinski definition) is 1. The van der Waals surface area contributed by atoms with Gasteiger partial charge in [0.1, 0.15) is 3.70 Å². The first-order valence-corrected chi connectivity index (χ1v) is 5.60. The van der Waals surface area contributed by atoms with Gasteiger partial charge >= 0.3 is 12.3 Å². The minimum absolute atomic E-state index is 0.0157. The first kappa shape index (κ1) is 14.3. The number of pyridine rings is 1. The fourth-order valence-corrected chi connectivity index (χ4v) is 1.75. The van der Waals surface area contributed by atoms with Crippen LogP contribution in [0.25, 0.3) is 0 Å². The molecular formula is C8H4ClF3INO3. The third kappa shape index (κ3) is 3.87. The van der Waals surface area contributed by atoms with Crippen LogP contribution < -0.4 is 4.74 Å². The SMILES string of the molecule is O=C(O)c1cc(OC(F)(F)F)c(I)nc1CCl. The number of carboxylic acids is 1. The average Bonchev–Trinajstić information content (AvgIpc) is 2.18. The van der Waals surface area contributed by atoms with Crippen LogP contribution in [0, 0.1) is 3.70 Å². The number of nitrogens with zero attached hydrogens (tertiary/aromatic N) is 1. The summed E-state index contributed by atoms with van der Waals surface area (Å²) < 4.78 is 39.6. The van der Waals surface area contributed by atoms with E-state index in [9.17, 15) is 18.0 Å². The van der Waals surface area contributed by atoms with Crippen molar-refractivity contribution in [3.05, 3.63) is 21.0 Å². The number of rotatable bonds is 3. The van der Waals surface area contributed by atoms with Crippen molar-refractivity contribution in [2.45, 2.75) is 12.2 Å². The quantitative estimate of drug-likeness (QED) is 0.497. The zero-order chi connectivity index (χ0) is 13.2. The van der Waals surface area contributed by atoms with Crippen molar-refractivity contribution >= 4 is 40.2 Å². The van der Waals surface area contributed by atoms with E-state index < -0.39 is 23.6 Å². The molecule has 1 aromatic heterocycles. The lowest BCUT2D eigenvalue weighted by Gasteiger charge is -2.12. The summed E-state index contributed by atoms with van der Waals surface area (Å²) in [7, 11) is 0. The second-order valence-corrected chi connectivity index (χ2v) is 4.05. The van der Waals surface area contributed by atoms with Gasteiger partial charge in [-0.1, -0.05) is 0 Å². The lowest BCUT2D eigenvalue weighted by atomic mass is 10.2. The van der Waals surface area contributed by atoms with Gasteiger partial charge in [0.25, 0.3) is 0 Å². The summed E-state index contributed by atoms with van der Waals surface area (Å²) in [6.07, 6.45) is -4.90. The monoisotopic (exact) mass is 381 g/mol. The van der Waals surface area contributed by atoms with Crippen molar-refractivity contribution in [2.24, 2.45) is 0 Å². The Morgan fingerprint density at radius 2 is 2.18 bits per heavy atom. The summed E-state index contributed by atoms with van der Waals surface area (Å²) in [5.41, 5.74) is -0.433. The number of alkyl halides is 4. The fourth-order valence-electron chi connectivity index (χ4n) is 0.991. The largest absolute Gasteiger partial charge is 0.573 e. The molecule has 1 N–H and O–H groups in total. The van der Waals surface area contributed by atoms with Crippen LogP contribution in [0.5, 0.6) is 5.75 Å². The molecule has 0 saturated heterocycles. The minimum atomic E-state index is -4.90. The van der Waals surface area contributed by atoms with Crippen molar-refractivity contribution in [1.29, 1.82) is 0 Å². The van der Waals surface area contributed by atoms with Crippen LogP contribution in [0.1, 0.15) is 16.1 Å². The number of ether oxygens (including phenoxy) is 1. The highest BCUT2D eigenvalue weighted by Crippen LogP contribution is 2.29. The molecule has 1 aromatic rings. The second-order valence-electron chi connectivity index (χ2n) is 2.76. The van der Waals surface area contributed by atoms with Crippen molar-refractivity contribution < 1.29 is 27.8 Å². The molecule has 0 fully saturated rings. The average molecular weight is 381 g/mol. The van der Waals surface area contributed by atoms with Crippen LogP contribution in [0.4, 0.5) is 13.2 Å². The van der Waals surface area contributed by atoms with Gasteiger partial charge in [0.15, 0.2) is 5.75 Å². The van der Waals surface area contributed by atoms with E-state index in [1.54, 1.807) is 0 Å². The Morgan fingerprint density at radius 1 is 1.59 bits per heavy atom. The van der Waals surface area contributed by atoms with Crippen LogP contribution in [-0.2, 0) is 5.88 Å². The van der Waals surface area contributed by atoms with Crippen molar-refractivity contribution in [3.63, 3.8) is 0 Å². The van der Waals surface area contributed by atoms with E-state index >= 15 is 0 Å². The maximum Gasteiger partial charge on any atom is 0.573 e. The van der Waals surface area contributed by atoms with Crippen LogP contribution >= 0.6 is 34.2 Å². The van der Waals surface area contributed by atoms with Gasteiger partial charge < -0.3 is 9.84 Å². The molecule has 0 aliphatic rings. The van der Waals surface area contributed by atoms with E-state index in [0.29, 0.717) is 0 Å². The predicted octanol–water partition coefficient (Wildman–Crippen LogP) is 3.02. The molecule has 94 valence electrons. The highest BCUT2D eigenvalue weighted by Gasteiger charge is 2.33. The van der Waals surface area contributed by atoms with Gasteiger partial charge in [-0.05, 0) is 28.7 Å². The van der Waals surface area contributed by atoms with E-state index in [1.807, 2.05) is 0 Å². The standard InChI is InChI=1S/C8H4ClF3INO3/c9-2-4-3(7(15)16)1-5(6(13)14-4)17-8(10,11)12/h1H,2H2,(H,15,16). The number of aromatic carboxylic acids is 1. The Bertz CT molecular complexity index is 452. The molecule has 9 heteroatoms. The molecule has 17 heavy (non-hydrogen) atoms. The number of hydrogen-bond acceptors (Lipinski definition) is 3. The molecule has 0 unspecified atom stereocenters. The summed E-state index contributed by atoms with van der Waals surface area (Å²) in [6.45, 7) is 0. The van der Waals surface area contributed by atoms with Crippen LogP contribution in [0.3, 0.4) is 0 Å². The maximum atomic E-state index is 12.0. The summed E-state index contributed by atoms with van der Waals surface area (Å²) in [5, 5.41) is 8.77. The Labute approximate surface area is 112 Å². The Kier molecular flexibility index (Phi) is 4.42. The van der Waals surface area contributed by atoms with Gasteiger partial charge in [0.2, 0.25) is 0 Å². The summed E-state index contributed by atoms with van der Waals surface area (Å²) in [4.78, 5) is 14.4. The first-order chi connectivity index (χ1) is 7.74. The zero-order valence-corrected chi connectivity index (χ0v) is 10.8. The smallest absolute Gasteiger partial charge is 0.478 e. The molecule has 0 aromatic carbocycles. The van der Waals surface area contributed by atoms with E-state index in [2.05, 4.69) is 9.72 Å². The summed E-state index contributed by atoms with van der Waals surface area (Å²) in [6, 6.07) is 0.752. The predicted molar refractivity (Wildman–Crippen MR) is 60.2 cm³/mol. The molecule has 1 heterocycles. The van der Waals surface area contributed by atoms with E-state index in [0.717, 1.165) is 6.07 Å². The lowest BCUT2D eigenvalue weighted by Crippen LogP contribution is -2.19. The highest BCUT2D eigenvalue weighted by molar-refractivity contribution is 14.1. The molecular weight excluding hydrogens is 377 g/mol. The Hall–Kier alpha value is -0.770. The van der Waals surface area contributed by atoms with Gasteiger partial charge in [0.05, 0.1) is 17.1 Å². The molecule has 0 bridgehead atoms. The normalized spacial score (nSPS) is 11.4. The van der Waals surface area contributed by atoms with E-state index in [-0.39, 0.29) is 15.3 Å². The van der Waals surface area contributed by atoms with Gasteiger partial charge in [-0.3, -0.25) is 0 Å². The number of carboxylic acid groups (broad SMARTS) is 1. The molecule has 4 nitrogen and oxygen atoms in total. The third-order valence-electron chi connectivity index (χ3n) is 1.61. The molecule has 0 spiro atoms. The third-order valence-corrected chi connectivity index (χ3v) is 2.63. The molecule has 0 aliphatic heterocycles. The minimum Gasteiger partial charge on any atom is -0.478 e. The summed E-state index contributed by atoms with van der Waals surface area (Å²) >= 11 is 6.94. The van der Waals surface area contributed by atoms with Crippen molar-refractivity contribution in [3.8, 4) is 5.75 Å². The van der Waals surface area contributed by atoms with Gasteiger partial charge in [-0.25, -0.2) is 9.78 Å². The van der Waals surface area contributed by atoms with Crippen molar-refractivity contribution in [1.82, 2.24) is 4.98 Å². The number of halogens is 5.